The van der Waals surface area contributed by atoms with E-state index in [1.54, 1.807) is 12.1 Å². The summed E-state index contributed by atoms with van der Waals surface area (Å²) in [6.07, 6.45) is 1.37. The summed E-state index contributed by atoms with van der Waals surface area (Å²) in [6, 6.07) is 6.09. The first kappa shape index (κ1) is 12.4. The lowest BCUT2D eigenvalue weighted by molar-refractivity contribution is 0.0953. The summed E-state index contributed by atoms with van der Waals surface area (Å²) in [7, 11) is 0. The molecule has 0 saturated heterocycles. The van der Waals surface area contributed by atoms with Gasteiger partial charge in [-0.25, -0.2) is 0 Å². The number of rotatable bonds is 5. The van der Waals surface area contributed by atoms with Gasteiger partial charge < -0.3 is 16.2 Å². The zero-order valence-electron chi connectivity index (χ0n) is 8.77. The Kier molecular flexibility index (Phi) is 4.72. The average Bonchev–Trinajstić information content (AvgIpc) is 2.25. The summed E-state index contributed by atoms with van der Waals surface area (Å²) in [5, 5.41) is 11.8. The molecule has 0 aliphatic carbocycles. The van der Waals surface area contributed by atoms with Crippen molar-refractivity contribution in [2.75, 3.05) is 6.54 Å². The summed E-state index contributed by atoms with van der Waals surface area (Å²) in [5.41, 5.74) is 5.85. The number of carbonyl (C=O) groups excluding carboxylic acids is 1. The van der Waals surface area contributed by atoms with Gasteiger partial charge in [0, 0.05) is 12.1 Å². The fourth-order valence-electron chi connectivity index (χ4n) is 1.18. The lowest BCUT2D eigenvalue weighted by Gasteiger charge is -2.04. The van der Waals surface area contributed by atoms with Crippen molar-refractivity contribution >= 4 is 23.1 Å². The molecule has 1 aromatic rings. The van der Waals surface area contributed by atoms with Crippen LogP contribution in [0.15, 0.2) is 24.3 Å². The number of phenols is 1. The fourth-order valence-corrected chi connectivity index (χ4v) is 1.32. The molecule has 0 spiro atoms. The van der Waals surface area contributed by atoms with Crippen molar-refractivity contribution in [3.63, 3.8) is 0 Å². The molecule has 0 bridgehead atoms. The van der Waals surface area contributed by atoms with E-state index in [1.165, 1.54) is 12.1 Å². The minimum atomic E-state index is -0.164. The number of carbonyl (C=O) groups is 1. The Labute approximate surface area is 99.5 Å². The third-order valence-corrected chi connectivity index (χ3v) is 2.22. The van der Waals surface area contributed by atoms with Crippen LogP contribution in [0.4, 0.5) is 0 Å². The molecule has 0 fully saturated rings. The number of hydrogen-bond donors (Lipinski definition) is 3. The Morgan fingerprint density at radius 2 is 2.00 bits per heavy atom. The van der Waals surface area contributed by atoms with Gasteiger partial charge in [-0.3, -0.25) is 4.79 Å². The molecule has 0 saturated carbocycles. The third kappa shape index (κ3) is 4.27. The van der Waals surface area contributed by atoms with Crippen LogP contribution in [0.2, 0.25) is 0 Å². The van der Waals surface area contributed by atoms with E-state index in [0.29, 0.717) is 23.5 Å². The van der Waals surface area contributed by atoms with Crippen molar-refractivity contribution in [2.24, 2.45) is 5.73 Å². The van der Waals surface area contributed by atoms with E-state index in [2.05, 4.69) is 5.32 Å². The van der Waals surface area contributed by atoms with Gasteiger partial charge in [-0.05, 0) is 37.1 Å². The van der Waals surface area contributed by atoms with Gasteiger partial charge in [0.2, 0.25) is 0 Å². The van der Waals surface area contributed by atoms with Gasteiger partial charge in [-0.1, -0.05) is 12.2 Å². The molecular weight excluding hydrogens is 224 g/mol. The van der Waals surface area contributed by atoms with Crippen LogP contribution in [0.25, 0.3) is 0 Å². The van der Waals surface area contributed by atoms with Crippen LogP contribution in [-0.2, 0) is 0 Å². The summed E-state index contributed by atoms with van der Waals surface area (Å²) in [6.45, 7) is 0.539. The molecule has 0 aliphatic heterocycles. The van der Waals surface area contributed by atoms with E-state index >= 15 is 0 Å². The van der Waals surface area contributed by atoms with Crippen molar-refractivity contribution in [1.29, 1.82) is 0 Å². The maximum Gasteiger partial charge on any atom is 0.251 e. The normalized spacial score (nSPS) is 9.75. The minimum Gasteiger partial charge on any atom is -0.508 e. The number of thiocarbonyl (C=S) groups is 1. The molecule has 0 heterocycles. The highest BCUT2D eigenvalue weighted by molar-refractivity contribution is 7.80. The largest absolute Gasteiger partial charge is 0.508 e. The number of amides is 1. The van der Waals surface area contributed by atoms with E-state index in [0.717, 1.165) is 6.42 Å². The van der Waals surface area contributed by atoms with Crippen molar-refractivity contribution in [1.82, 2.24) is 5.32 Å². The van der Waals surface area contributed by atoms with E-state index in [1.807, 2.05) is 0 Å². The van der Waals surface area contributed by atoms with E-state index in [-0.39, 0.29) is 11.7 Å². The maximum absolute atomic E-state index is 11.5. The summed E-state index contributed by atoms with van der Waals surface area (Å²) in [4.78, 5) is 12.0. The standard InChI is InChI=1S/C11H14N2O2S/c12-10(16)2-1-7-13-11(15)8-3-5-9(14)6-4-8/h3-6,14H,1-2,7H2,(H2,12,16)(H,13,15). The number of nitrogens with two attached hydrogens (primary N) is 1. The molecule has 1 rings (SSSR count). The van der Waals surface area contributed by atoms with Crippen molar-refractivity contribution in [2.45, 2.75) is 12.8 Å². The van der Waals surface area contributed by atoms with Gasteiger partial charge in [0.05, 0.1) is 4.99 Å². The molecule has 5 heteroatoms. The number of nitrogens with one attached hydrogen (secondary N) is 1. The second-order valence-electron chi connectivity index (χ2n) is 3.37. The van der Waals surface area contributed by atoms with Crippen LogP contribution in [0.5, 0.6) is 5.75 Å². The van der Waals surface area contributed by atoms with Crippen LogP contribution in [0.1, 0.15) is 23.2 Å². The van der Waals surface area contributed by atoms with Crippen molar-refractivity contribution in [3.8, 4) is 5.75 Å². The van der Waals surface area contributed by atoms with E-state index in [4.69, 9.17) is 23.1 Å². The van der Waals surface area contributed by atoms with Gasteiger partial charge in [0.15, 0.2) is 0 Å². The molecule has 1 aromatic carbocycles. The molecule has 0 unspecified atom stereocenters. The van der Waals surface area contributed by atoms with Gasteiger partial charge in [-0.2, -0.15) is 0 Å². The molecule has 4 N–H and O–H groups in total. The van der Waals surface area contributed by atoms with Crippen LogP contribution in [0, 0.1) is 0 Å². The number of benzene rings is 1. The quantitative estimate of drug-likeness (QED) is 0.532. The molecule has 0 aromatic heterocycles. The second-order valence-corrected chi connectivity index (χ2v) is 3.90. The van der Waals surface area contributed by atoms with Gasteiger partial charge in [-0.15, -0.1) is 0 Å². The Morgan fingerprint density at radius 3 is 2.56 bits per heavy atom. The summed E-state index contributed by atoms with van der Waals surface area (Å²) < 4.78 is 0. The summed E-state index contributed by atoms with van der Waals surface area (Å²) in [5.74, 6) is -0.0204. The van der Waals surface area contributed by atoms with Crippen molar-refractivity contribution < 1.29 is 9.90 Å². The Morgan fingerprint density at radius 1 is 1.38 bits per heavy atom. The van der Waals surface area contributed by atoms with Crippen LogP contribution in [0.3, 0.4) is 0 Å². The smallest absolute Gasteiger partial charge is 0.251 e. The van der Waals surface area contributed by atoms with Crippen LogP contribution < -0.4 is 11.1 Å². The lowest BCUT2D eigenvalue weighted by Crippen LogP contribution is -2.25. The highest BCUT2D eigenvalue weighted by Crippen LogP contribution is 2.09. The third-order valence-electron chi connectivity index (χ3n) is 2.02. The second kappa shape index (κ2) is 6.07. The molecule has 1 amide bonds. The zero-order valence-corrected chi connectivity index (χ0v) is 9.59. The van der Waals surface area contributed by atoms with Gasteiger partial charge in [0.1, 0.15) is 5.75 Å². The van der Waals surface area contributed by atoms with Crippen LogP contribution in [-0.4, -0.2) is 22.5 Å². The molecule has 16 heavy (non-hydrogen) atoms. The molecule has 86 valence electrons. The zero-order chi connectivity index (χ0) is 12.0. The first-order valence-corrected chi connectivity index (χ1v) is 5.36. The predicted octanol–water partition coefficient (Wildman–Crippen LogP) is 1.19. The number of hydrogen-bond acceptors (Lipinski definition) is 3. The molecule has 0 radical (unpaired) electrons. The van der Waals surface area contributed by atoms with E-state index < -0.39 is 0 Å². The first-order valence-electron chi connectivity index (χ1n) is 4.95. The minimum absolute atomic E-state index is 0.144. The molecular formula is C11H14N2O2S. The topological polar surface area (TPSA) is 75.3 Å². The SMILES string of the molecule is NC(=S)CCCNC(=O)c1ccc(O)cc1. The lowest BCUT2D eigenvalue weighted by atomic mass is 10.2. The Hall–Kier alpha value is -1.62. The average molecular weight is 238 g/mol. The predicted molar refractivity (Wildman–Crippen MR) is 66.5 cm³/mol. The fraction of sp³-hybridized carbons (Fsp3) is 0.273. The number of aromatic hydroxyl groups is 1. The highest BCUT2D eigenvalue weighted by atomic mass is 32.1. The Bertz CT molecular complexity index is 376. The molecule has 0 atom stereocenters. The van der Waals surface area contributed by atoms with Gasteiger partial charge >= 0.3 is 0 Å². The summed E-state index contributed by atoms with van der Waals surface area (Å²) >= 11 is 4.72. The van der Waals surface area contributed by atoms with Crippen molar-refractivity contribution in [3.05, 3.63) is 29.8 Å². The van der Waals surface area contributed by atoms with E-state index in [9.17, 15) is 4.79 Å². The Balaban J connectivity index is 2.35. The molecule has 0 aliphatic rings. The first-order chi connectivity index (χ1) is 7.59. The monoisotopic (exact) mass is 238 g/mol. The van der Waals surface area contributed by atoms with Crippen LogP contribution >= 0.6 is 12.2 Å². The highest BCUT2D eigenvalue weighted by Gasteiger charge is 2.03. The maximum atomic E-state index is 11.5. The molecule has 4 nitrogen and oxygen atoms in total. The van der Waals surface area contributed by atoms with Gasteiger partial charge in [0.25, 0.3) is 5.91 Å². The number of phenolic OH excluding ortho intramolecular Hbond substituents is 1.